The van der Waals surface area contributed by atoms with E-state index in [1.807, 2.05) is 13.8 Å². The van der Waals surface area contributed by atoms with Crippen molar-refractivity contribution in [3.8, 4) is 11.5 Å². The third-order valence-electron chi connectivity index (χ3n) is 3.92. The monoisotopic (exact) mass is 342 g/mol. The van der Waals surface area contributed by atoms with Gasteiger partial charge >= 0.3 is 0 Å². The van der Waals surface area contributed by atoms with E-state index in [1.165, 1.54) is 0 Å². The average Bonchev–Trinajstić information content (AvgIpc) is 3.22. The number of hydrogen-bond donors (Lipinski definition) is 2. The number of hydrogen-bond acceptors (Lipinski definition) is 5. The van der Waals surface area contributed by atoms with Gasteiger partial charge in [0.2, 0.25) is 0 Å². The first kappa shape index (κ1) is 17.2. The molecule has 0 bridgehead atoms. The van der Waals surface area contributed by atoms with Gasteiger partial charge in [-0.25, -0.2) is 9.67 Å². The van der Waals surface area contributed by atoms with Crippen LogP contribution in [0, 0.1) is 0 Å². The highest BCUT2D eigenvalue weighted by Crippen LogP contribution is 2.27. The highest BCUT2D eigenvalue weighted by Gasteiger charge is 2.24. The van der Waals surface area contributed by atoms with Gasteiger partial charge in [0.15, 0.2) is 11.4 Å². The van der Waals surface area contributed by atoms with Crippen LogP contribution in [-0.4, -0.2) is 37.9 Å². The maximum Gasteiger partial charge on any atom is 0.252 e. The summed E-state index contributed by atoms with van der Waals surface area (Å²) in [5, 5.41) is 17.3. The van der Waals surface area contributed by atoms with Gasteiger partial charge in [-0.3, -0.25) is 4.79 Å². The van der Waals surface area contributed by atoms with Gasteiger partial charge in [0, 0.05) is 6.04 Å². The van der Waals surface area contributed by atoms with Crippen LogP contribution in [0.2, 0.25) is 0 Å². The van der Waals surface area contributed by atoms with Crippen molar-refractivity contribution in [1.82, 2.24) is 20.1 Å². The molecule has 0 radical (unpaired) electrons. The number of nitrogens with one attached hydrogen (secondary N) is 1. The Kier molecular flexibility index (Phi) is 4.34. The Labute approximate surface area is 145 Å². The van der Waals surface area contributed by atoms with E-state index in [4.69, 9.17) is 4.42 Å². The second kappa shape index (κ2) is 6.33. The summed E-state index contributed by atoms with van der Waals surface area (Å²) in [6.07, 6.45) is 3.21. The third kappa shape index (κ3) is 3.28. The Morgan fingerprint density at radius 3 is 2.80 bits per heavy atom. The number of pyridine rings is 1. The first-order valence-electron chi connectivity index (χ1n) is 8.18. The Morgan fingerprint density at radius 2 is 2.20 bits per heavy atom. The van der Waals surface area contributed by atoms with E-state index in [2.05, 4.69) is 15.4 Å². The Hall–Kier alpha value is -2.67. The van der Waals surface area contributed by atoms with Crippen molar-refractivity contribution in [2.45, 2.75) is 39.3 Å². The molecule has 7 heteroatoms. The molecule has 7 nitrogen and oxygen atoms in total. The van der Waals surface area contributed by atoms with E-state index < -0.39 is 5.54 Å². The first-order chi connectivity index (χ1) is 11.8. The zero-order valence-electron chi connectivity index (χ0n) is 14.8. The zero-order chi connectivity index (χ0) is 18.2. The lowest BCUT2D eigenvalue weighted by Gasteiger charge is -2.23. The van der Waals surface area contributed by atoms with Gasteiger partial charge in [-0.05, 0) is 45.9 Å². The maximum absolute atomic E-state index is 12.8. The summed E-state index contributed by atoms with van der Waals surface area (Å²) < 4.78 is 7.21. The van der Waals surface area contributed by atoms with Gasteiger partial charge in [-0.2, -0.15) is 5.10 Å². The highest BCUT2D eigenvalue weighted by molar-refractivity contribution is 6.06. The van der Waals surface area contributed by atoms with Crippen LogP contribution in [0.4, 0.5) is 0 Å². The van der Waals surface area contributed by atoms with Gasteiger partial charge < -0.3 is 14.8 Å². The number of nitrogens with zero attached hydrogens (tertiary/aromatic N) is 3. The molecule has 0 aliphatic rings. The van der Waals surface area contributed by atoms with Crippen molar-refractivity contribution in [3.05, 3.63) is 36.2 Å². The summed E-state index contributed by atoms with van der Waals surface area (Å²) >= 11 is 0. The van der Waals surface area contributed by atoms with Crippen molar-refractivity contribution in [3.63, 3.8) is 0 Å². The minimum Gasteiger partial charge on any atom is -0.463 e. The van der Waals surface area contributed by atoms with Crippen LogP contribution in [0.25, 0.3) is 22.5 Å². The van der Waals surface area contributed by atoms with Gasteiger partial charge in [0.1, 0.15) is 5.69 Å². The molecule has 0 unspecified atom stereocenters. The molecule has 0 fully saturated rings. The van der Waals surface area contributed by atoms with Gasteiger partial charge in [0.05, 0.1) is 35.6 Å². The summed E-state index contributed by atoms with van der Waals surface area (Å²) in [5.41, 5.74) is 0.901. The second-order valence-corrected chi connectivity index (χ2v) is 6.95. The van der Waals surface area contributed by atoms with Crippen molar-refractivity contribution < 1.29 is 14.3 Å². The fourth-order valence-electron chi connectivity index (χ4n) is 2.55. The van der Waals surface area contributed by atoms with E-state index in [0.29, 0.717) is 28.1 Å². The van der Waals surface area contributed by atoms with Crippen LogP contribution in [0.5, 0.6) is 0 Å². The van der Waals surface area contributed by atoms with E-state index in [1.54, 1.807) is 49.2 Å². The smallest absolute Gasteiger partial charge is 0.252 e. The molecule has 0 atom stereocenters. The van der Waals surface area contributed by atoms with E-state index in [-0.39, 0.29) is 18.6 Å². The largest absolute Gasteiger partial charge is 0.463 e. The SMILES string of the molecule is CC(C)n1ncc2c(C(=O)NC(C)(C)CO)cc(-c3ccco3)nc21. The Bertz CT molecular complexity index is 895. The lowest BCUT2D eigenvalue weighted by molar-refractivity contribution is 0.0871. The molecule has 3 aromatic heterocycles. The maximum atomic E-state index is 12.8. The summed E-state index contributed by atoms with van der Waals surface area (Å²) in [6.45, 7) is 7.36. The fraction of sp³-hybridized carbons (Fsp3) is 0.389. The van der Waals surface area contributed by atoms with Crippen molar-refractivity contribution >= 4 is 16.9 Å². The molecule has 2 N–H and O–H groups in total. The number of aliphatic hydroxyl groups excluding tert-OH is 1. The summed E-state index contributed by atoms with van der Waals surface area (Å²) in [6, 6.07) is 5.36. The second-order valence-electron chi connectivity index (χ2n) is 6.95. The lowest BCUT2D eigenvalue weighted by atomic mass is 10.0. The quantitative estimate of drug-likeness (QED) is 0.744. The number of rotatable bonds is 5. The summed E-state index contributed by atoms with van der Waals surface area (Å²) in [5.74, 6) is 0.288. The molecular weight excluding hydrogens is 320 g/mol. The van der Waals surface area contributed by atoms with Crippen LogP contribution >= 0.6 is 0 Å². The Balaban J connectivity index is 2.17. The average molecular weight is 342 g/mol. The molecular formula is C18H22N4O3. The van der Waals surface area contributed by atoms with Gasteiger partial charge in [-0.15, -0.1) is 0 Å². The molecule has 1 amide bonds. The molecule has 0 aromatic carbocycles. The fourth-order valence-corrected chi connectivity index (χ4v) is 2.55. The first-order valence-corrected chi connectivity index (χ1v) is 8.18. The van der Waals surface area contributed by atoms with Crippen LogP contribution in [0.15, 0.2) is 35.1 Å². The minimum atomic E-state index is -0.731. The van der Waals surface area contributed by atoms with E-state index in [0.717, 1.165) is 0 Å². The third-order valence-corrected chi connectivity index (χ3v) is 3.92. The molecule has 0 saturated heterocycles. The summed E-state index contributed by atoms with van der Waals surface area (Å²) in [7, 11) is 0. The Morgan fingerprint density at radius 1 is 1.44 bits per heavy atom. The van der Waals surface area contributed by atoms with E-state index >= 15 is 0 Å². The molecule has 25 heavy (non-hydrogen) atoms. The molecule has 132 valence electrons. The van der Waals surface area contributed by atoms with Crippen molar-refractivity contribution in [2.75, 3.05) is 6.61 Å². The molecule has 0 saturated carbocycles. The predicted octanol–water partition coefficient (Wildman–Crippen LogP) is 2.77. The lowest BCUT2D eigenvalue weighted by Crippen LogP contribution is -2.46. The molecule has 3 rings (SSSR count). The number of furan rings is 1. The topological polar surface area (TPSA) is 93.2 Å². The zero-order valence-corrected chi connectivity index (χ0v) is 14.8. The number of aromatic nitrogens is 3. The predicted molar refractivity (Wildman–Crippen MR) is 94.2 cm³/mol. The van der Waals surface area contributed by atoms with Crippen LogP contribution in [0.1, 0.15) is 44.1 Å². The molecule has 0 aliphatic heterocycles. The molecule has 0 aliphatic carbocycles. The number of aliphatic hydroxyl groups is 1. The standard InChI is InChI=1S/C18H22N4O3/c1-11(2)22-16-13(9-19-22)12(17(24)21-18(3,4)10-23)8-14(20-16)15-6-5-7-25-15/h5-9,11,23H,10H2,1-4H3,(H,21,24). The molecule has 0 spiro atoms. The minimum absolute atomic E-state index is 0.0987. The van der Waals surface area contributed by atoms with Gasteiger partial charge in [-0.1, -0.05) is 0 Å². The molecule has 3 heterocycles. The normalized spacial score (nSPS) is 12.1. The van der Waals surface area contributed by atoms with Crippen LogP contribution in [-0.2, 0) is 0 Å². The summed E-state index contributed by atoms with van der Waals surface area (Å²) in [4.78, 5) is 17.5. The van der Waals surface area contributed by atoms with Crippen LogP contribution < -0.4 is 5.32 Å². The van der Waals surface area contributed by atoms with Crippen LogP contribution in [0.3, 0.4) is 0 Å². The molecule has 3 aromatic rings. The van der Waals surface area contributed by atoms with Gasteiger partial charge in [0.25, 0.3) is 5.91 Å². The highest BCUT2D eigenvalue weighted by atomic mass is 16.3. The number of fused-ring (bicyclic) bond motifs is 1. The number of carbonyl (C=O) groups is 1. The van der Waals surface area contributed by atoms with E-state index in [9.17, 15) is 9.90 Å². The van der Waals surface area contributed by atoms with Crippen molar-refractivity contribution in [1.29, 1.82) is 0 Å². The number of amides is 1. The number of carbonyl (C=O) groups excluding carboxylic acids is 1. The van der Waals surface area contributed by atoms with Crippen molar-refractivity contribution in [2.24, 2.45) is 0 Å².